The maximum atomic E-state index is 12.3. The van der Waals surface area contributed by atoms with Crippen molar-refractivity contribution in [3.05, 3.63) is 28.3 Å². The standard InChI is InChI=1S/C18H25N3O7S2/c1-12-5-3-4-6-14(12)20-17(22)11-28-18(23)10-19-30(26,27)13-7-8-16(29-2)15(9-13)21(24)25/h7-9,12,14,19H,3-6,10-11H2,1-2H3,(H,20,22). The molecule has 0 heterocycles. The van der Waals surface area contributed by atoms with Gasteiger partial charge in [-0.05, 0) is 37.1 Å². The summed E-state index contributed by atoms with van der Waals surface area (Å²) in [4.78, 5) is 34.2. The summed E-state index contributed by atoms with van der Waals surface area (Å²) in [6, 6.07) is 3.51. The van der Waals surface area contributed by atoms with Gasteiger partial charge in [0.05, 0.1) is 14.7 Å². The van der Waals surface area contributed by atoms with Gasteiger partial charge in [-0.15, -0.1) is 11.8 Å². The Morgan fingerprint density at radius 1 is 1.30 bits per heavy atom. The number of carbonyl (C=O) groups is 2. The molecule has 10 nitrogen and oxygen atoms in total. The quantitative estimate of drug-likeness (QED) is 0.246. The van der Waals surface area contributed by atoms with Crippen LogP contribution in [0.1, 0.15) is 32.6 Å². The van der Waals surface area contributed by atoms with Crippen molar-refractivity contribution < 1.29 is 27.7 Å². The lowest BCUT2D eigenvalue weighted by Gasteiger charge is -2.29. The second kappa shape index (κ2) is 10.7. The molecule has 1 saturated carbocycles. The van der Waals surface area contributed by atoms with E-state index in [1.807, 2.05) is 4.72 Å². The molecule has 12 heteroatoms. The molecule has 0 spiro atoms. The van der Waals surface area contributed by atoms with E-state index >= 15 is 0 Å². The first-order chi connectivity index (χ1) is 14.1. The Morgan fingerprint density at radius 2 is 2.00 bits per heavy atom. The van der Waals surface area contributed by atoms with Gasteiger partial charge in [-0.3, -0.25) is 19.7 Å². The number of rotatable bonds is 9. The van der Waals surface area contributed by atoms with Crippen molar-refractivity contribution in [1.82, 2.24) is 10.0 Å². The molecule has 166 valence electrons. The van der Waals surface area contributed by atoms with Crippen LogP contribution < -0.4 is 10.0 Å². The number of ether oxygens (including phenoxy) is 1. The molecular weight excluding hydrogens is 434 g/mol. The summed E-state index contributed by atoms with van der Waals surface area (Å²) in [7, 11) is -4.17. The lowest BCUT2D eigenvalue weighted by atomic mass is 9.86. The van der Waals surface area contributed by atoms with Crippen molar-refractivity contribution >= 4 is 39.3 Å². The molecule has 0 aliphatic heterocycles. The topological polar surface area (TPSA) is 145 Å². The first-order valence-corrected chi connectivity index (χ1v) is 12.1. The fourth-order valence-corrected chi connectivity index (χ4v) is 4.73. The van der Waals surface area contributed by atoms with Crippen LogP contribution in [-0.4, -0.2) is 50.7 Å². The number of hydrogen-bond donors (Lipinski definition) is 2. The summed E-state index contributed by atoms with van der Waals surface area (Å²) in [5.74, 6) is -1.01. The molecule has 1 aromatic rings. The van der Waals surface area contributed by atoms with E-state index in [4.69, 9.17) is 4.74 Å². The van der Waals surface area contributed by atoms with E-state index < -0.39 is 40.0 Å². The highest BCUT2D eigenvalue weighted by Crippen LogP contribution is 2.29. The number of sulfonamides is 1. The van der Waals surface area contributed by atoms with Crippen molar-refractivity contribution in [2.24, 2.45) is 5.92 Å². The molecule has 2 unspecified atom stereocenters. The normalized spacial score (nSPS) is 19.1. The van der Waals surface area contributed by atoms with Crippen LogP contribution in [0.5, 0.6) is 0 Å². The molecule has 1 aliphatic rings. The van der Waals surface area contributed by atoms with E-state index in [-0.39, 0.29) is 16.6 Å². The van der Waals surface area contributed by atoms with Gasteiger partial charge in [0.1, 0.15) is 6.54 Å². The Morgan fingerprint density at radius 3 is 2.63 bits per heavy atom. The third-order valence-electron chi connectivity index (χ3n) is 4.89. The van der Waals surface area contributed by atoms with E-state index in [0.717, 1.165) is 43.5 Å². The Balaban J connectivity index is 1.86. The minimum atomic E-state index is -4.17. The van der Waals surface area contributed by atoms with Crippen LogP contribution in [0.3, 0.4) is 0 Å². The number of hydrogen-bond acceptors (Lipinski definition) is 8. The zero-order valence-electron chi connectivity index (χ0n) is 16.8. The van der Waals surface area contributed by atoms with E-state index in [9.17, 15) is 28.1 Å². The van der Waals surface area contributed by atoms with Crippen molar-refractivity contribution in [1.29, 1.82) is 0 Å². The Labute approximate surface area is 179 Å². The maximum absolute atomic E-state index is 12.3. The maximum Gasteiger partial charge on any atom is 0.321 e. The van der Waals surface area contributed by atoms with Crippen LogP contribution in [-0.2, 0) is 24.3 Å². The van der Waals surface area contributed by atoms with E-state index in [0.29, 0.717) is 10.8 Å². The molecular formula is C18H25N3O7S2. The molecule has 2 rings (SSSR count). The molecule has 1 fully saturated rings. The zero-order chi connectivity index (χ0) is 22.3. The number of esters is 1. The largest absolute Gasteiger partial charge is 0.455 e. The number of amides is 1. The summed E-state index contributed by atoms with van der Waals surface area (Å²) in [5, 5.41) is 13.9. The van der Waals surface area contributed by atoms with Gasteiger partial charge in [0.2, 0.25) is 10.0 Å². The third-order valence-corrected chi connectivity index (χ3v) is 7.07. The fraction of sp³-hybridized carbons (Fsp3) is 0.556. The number of nitro groups is 1. The molecule has 0 bridgehead atoms. The molecule has 30 heavy (non-hydrogen) atoms. The highest BCUT2D eigenvalue weighted by Gasteiger charge is 2.24. The third kappa shape index (κ3) is 6.67. The Kier molecular flexibility index (Phi) is 8.62. The van der Waals surface area contributed by atoms with Crippen LogP contribution in [0.25, 0.3) is 0 Å². The monoisotopic (exact) mass is 459 g/mol. The van der Waals surface area contributed by atoms with Gasteiger partial charge in [0, 0.05) is 12.1 Å². The highest BCUT2D eigenvalue weighted by molar-refractivity contribution is 7.98. The van der Waals surface area contributed by atoms with E-state index in [1.54, 1.807) is 6.26 Å². The van der Waals surface area contributed by atoms with Crippen LogP contribution >= 0.6 is 11.8 Å². The smallest absolute Gasteiger partial charge is 0.321 e. The van der Waals surface area contributed by atoms with Crippen LogP contribution in [0.15, 0.2) is 28.0 Å². The number of nitro benzene ring substituents is 1. The van der Waals surface area contributed by atoms with E-state index in [1.165, 1.54) is 12.1 Å². The lowest BCUT2D eigenvalue weighted by Crippen LogP contribution is -2.43. The van der Waals surface area contributed by atoms with Crippen LogP contribution in [0.2, 0.25) is 0 Å². The average molecular weight is 460 g/mol. The fourth-order valence-electron chi connectivity index (χ4n) is 3.19. The summed E-state index contributed by atoms with van der Waals surface area (Å²) in [5.41, 5.74) is -0.346. The van der Waals surface area contributed by atoms with Gasteiger partial charge in [0.15, 0.2) is 6.61 Å². The minimum Gasteiger partial charge on any atom is -0.455 e. The van der Waals surface area contributed by atoms with Crippen molar-refractivity contribution in [3.8, 4) is 0 Å². The molecule has 1 amide bonds. The highest BCUT2D eigenvalue weighted by atomic mass is 32.2. The predicted octanol–water partition coefficient (Wildman–Crippen LogP) is 1.83. The second-order valence-corrected chi connectivity index (χ2v) is 9.63. The first-order valence-electron chi connectivity index (χ1n) is 9.41. The van der Waals surface area contributed by atoms with Crippen LogP contribution in [0.4, 0.5) is 5.69 Å². The van der Waals surface area contributed by atoms with Gasteiger partial charge in [-0.2, -0.15) is 4.72 Å². The van der Waals surface area contributed by atoms with Crippen LogP contribution in [0, 0.1) is 16.0 Å². The lowest BCUT2D eigenvalue weighted by molar-refractivity contribution is -0.388. The van der Waals surface area contributed by atoms with Crippen molar-refractivity contribution in [2.45, 2.75) is 48.4 Å². The Hall–Kier alpha value is -2.18. The van der Waals surface area contributed by atoms with Gasteiger partial charge >= 0.3 is 5.97 Å². The summed E-state index contributed by atoms with van der Waals surface area (Å²) < 4.78 is 31.5. The molecule has 0 saturated heterocycles. The van der Waals surface area contributed by atoms with Gasteiger partial charge in [0.25, 0.3) is 11.6 Å². The van der Waals surface area contributed by atoms with Gasteiger partial charge < -0.3 is 10.1 Å². The number of nitrogens with zero attached hydrogens (tertiary/aromatic N) is 1. The SMILES string of the molecule is CSc1ccc(S(=O)(=O)NCC(=O)OCC(=O)NC2CCCCC2C)cc1[N+](=O)[O-]. The summed E-state index contributed by atoms with van der Waals surface area (Å²) in [6.07, 6.45) is 5.71. The number of nitrogens with one attached hydrogen (secondary N) is 2. The molecule has 1 aliphatic carbocycles. The molecule has 2 N–H and O–H groups in total. The molecule has 2 atom stereocenters. The van der Waals surface area contributed by atoms with E-state index in [2.05, 4.69) is 12.2 Å². The second-order valence-electron chi connectivity index (χ2n) is 7.01. The molecule has 0 radical (unpaired) electrons. The molecule has 0 aromatic heterocycles. The van der Waals surface area contributed by atoms with Gasteiger partial charge in [-0.1, -0.05) is 19.8 Å². The number of benzene rings is 1. The number of thioether (sulfide) groups is 1. The van der Waals surface area contributed by atoms with Crippen molar-refractivity contribution in [3.63, 3.8) is 0 Å². The molecule has 1 aromatic carbocycles. The summed E-state index contributed by atoms with van der Waals surface area (Å²) >= 11 is 1.11. The Bertz CT molecular complexity index is 905. The summed E-state index contributed by atoms with van der Waals surface area (Å²) in [6.45, 7) is 0.853. The van der Waals surface area contributed by atoms with Crippen molar-refractivity contribution in [2.75, 3.05) is 19.4 Å². The number of carbonyl (C=O) groups excluding carboxylic acids is 2. The average Bonchev–Trinajstić information content (AvgIpc) is 2.72. The zero-order valence-corrected chi connectivity index (χ0v) is 18.4. The predicted molar refractivity (Wildman–Crippen MR) is 111 cm³/mol. The van der Waals surface area contributed by atoms with Gasteiger partial charge in [-0.25, -0.2) is 8.42 Å². The minimum absolute atomic E-state index is 0.0449. The first kappa shape index (κ1) is 24.1.